The molecule has 0 fully saturated rings. The largest absolute Gasteiger partial charge is 0.456 e. The zero-order valence-electron chi connectivity index (χ0n) is 36.5. The van der Waals surface area contributed by atoms with Crippen LogP contribution in [0.25, 0.3) is 100.0 Å². The second-order valence-corrected chi connectivity index (χ2v) is 12.1. The van der Waals surface area contributed by atoms with Crippen molar-refractivity contribution in [3.05, 3.63) is 164 Å². The maximum atomic E-state index is 9.10. The van der Waals surface area contributed by atoms with Crippen LogP contribution < -0.4 is 0 Å². The molecule has 7 aromatic carbocycles. The monoisotopic (exact) mass is 663 g/mol. The van der Waals surface area contributed by atoms with Gasteiger partial charge in [-0.15, -0.1) is 0 Å². The van der Waals surface area contributed by atoms with Gasteiger partial charge in [-0.05, 0) is 42.4 Å². The van der Waals surface area contributed by atoms with Crippen molar-refractivity contribution in [3.8, 4) is 34.4 Å². The van der Waals surface area contributed by atoms with Gasteiger partial charge in [-0.3, -0.25) is 4.57 Å². The van der Waals surface area contributed by atoms with E-state index in [1.165, 1.54) is 0 Å². The molecule has 238 valence electrons. The fourth-order valence-electron chi connectivity index (χ4n) is 7.23. The van der Waals surface area contributed by atoms with E-state index in [9.17, 15) is 0 Å². The molecular weight excluding hydrogens is 627 g/mol. The maximum absolute atomic E-state index is 9.10. The summed E-state index contributed by atoms with van der Waals surface area (Å²) in [5, 5.41) is 4.78. The van der Waals surface area contributed by atoms with Gasteiger partial charge in [0.2, 0.25) is 5.95 Å². The van der Waals surface area contributed by atoms with Crippen LogP contribution in [0.1, 0.15) is 13.7 Å². The molecule has 11 aromatic rings. The van der Waals surface area contributed by atoms with E-state index in [4.69, 9.17) is 33.1 Å². The number of para-hydroxylation sites is 4. The van der Waals surface area contributed by atoms with Gasteiger partial charge in [-0.2, -0.15) is 9.97 Å². The van der Waals surface area contributed by atoms with E-state index < -0.39 is 48.3 Å². The average molecular weight is 664 g/mol. The van der Waals surface area contributed by atoms with Gasteiger partial charge < -0.3 is 8.98 Å². The van der Waals surface area contributed by atoms with E-state index in [-0.39, 0.29) is 40.9 Å². The quantitative estimate of drug-likeness (QED) is 0.188. The molecule has 0 spiro atoms. The number of rotatable bonds is 4. The van der Waals surface area contributed by atoms with Crippen LogP contribution in [0, 0.1) is 0 Å². The Hall–Kier alpha value is -7.05. The van der Waals surface area contributed by atoms with Gasteiger partial charge in [0.1, 0.15) is 11.2 Å². The average Bonchev–Trinajstić information content (AvgIpc) is 3.94. The third-order valence-corrected chi connectivity index (χ3v) is 9.36. The molecule has 51 heavy (non-hydrogen) atoms. The van der Waals surface area contributed by atoms with E-state index in [1.807, 2.05) is 97.1 Å². The summed E-state index contributed by atoms with van der Waals surface area (Å²) < 4.78 is 96.7. The van der Waals surface area contributed by atoms with Crippen molar-refractivity contribution < 1.29 is 18.1 Å². The standard InChI is InChI=1S/C45H27N5O/c1-3-13-28(14-4-1)43-46-44(29-23-24-34-33-19-9-12-22-39(33)51-40(34)27-29)48-45(47-43)50-38-21-11-8-18-32(38)36-26-25-35-31-17-7-10-20-37(31)49(41(35)42(36)50)30-15-5-2-6-16-30/h1-27H/i1D,2D,3D,4D,5D,6D,13D,14D,15D,16D. The van der Waals surface area contributed by atoms with E-state index in [2.05, 4.69) is 0 Å². The van der Waals surface area contributed by atoms with Gasteiger partial charge >= 0.3 is 0 Å². The Morgan fingerprint density at radius 2 is 1.00 bits per heavy atom. The molecule has 0 amide bonds. The molecule has 6 nitrogen and oxygen atoms in total. The van der Waals surface area contributed by atoms with Crippen LogP contribution in [0.15, 0.2) is 168 Å². The van der Waals surface area contributed by atoms with Crippen LogP contribution in [0.4, 0.5) is 0 Å². The lowest BCUT2D eigenvalue weighted by molar-refractivity contribution is 0.669. The summed E-state index contributed by atoms with van der Waals surface area (Å²) in [4.78, 5) is 14.8. The van der Waals surface area contributed by atoms with Crippen molar-refractivity contribution in [2.45, 2.75) is 0 Å². The molecule has 0 atom stereocenters. The second kappa shape index (κ2) is 10.7. The molecule has 4 aromatic heterocycles. The first-order valence-electron chi connectivity index (χ1n) is 21.2. The van der Waals surface area contributed by atoms with Gasteiger partial charge in [0.05, 0.1) is 35.8 Å². The Kier molecular flexibility index (Phi) is 4.17. The highest BCUT2D eigenvalue weighted by Gasteiger charge is 2.23. The molecule has 6 heteroatoms. The van der Waals surface area contributed by atoms with Crippen molar-refractivity contribution in [1.29, 1.82) is 0 Å². The van der Waals surface area contributed by atoms with Crippen molar-refractivity contribution in [2.24, 2.45) is 0 Å². The van der Waals surface area contributed by atoms with Crippen LogP contribution >= 0.6 is 0 Å². The third kappa shape index (κ3) is 4.14. The molecule has 0 bridgehead atoms. The first-order valence-corrected chi connectivity index (χ1v) is 16.2. The second-order valence-electron chi connectivity index (χ2n) is 12.1. The molecule has 0 aliphatic carbocycles. The molecular formula is C45H27N5O. The highest BCUT2D eigenvalue weighted by Crippen LogP contribution is 2.41. The van der Waals surface area contributed by atoms with Crippen LogP contribution in [0.5, 0.6) is 0 Å². The van der Waals surface area contributed by atoms with Gasteiger partial charge in [-0.25, -0.2) is 4.98 Å². The number of hydrogen-bond acceptors (Lipinski definition) is 4. The number of furan rings is 1. The molecule has 0 saturated heterocycles. The first-order chi connectivity index (χ1) is 29.4. The lowest BCUT2D eigenvalue weighted by Crippen LogP contribution is -2.07. The molecule has 0 radical (unpaired) electrons. The lowest BCUT2D eigenvalue weighted by atomic mass is 10.1. The number of aromatic nitrogens is 5. The minimum atomic E-state index is -0.561. The summed E-state index contributed by atoms with van der Waals surface area (Å²) >= 11 is 0. The zero-order valence-corrected chi connectivity index (χ0v) is 26.5. The van der Waals surface area contributed by atoms with E-state index >= 15 is 0 Å². The van der Waals surface area contributed by atoms with E-state index in [1.54, 1.807) is 15.2 Å². The highest BCUT2D eigenvalue weighted by molar-refractivity contribution is 6.23. The summed E-state index contributed by atoms with van der Waals surface area (Å²) in [6.45, 7) is 0. The minimum Gasteiger partial charge on any atom is -0.456 e. The number of fused-ring (bicyclic) bond motifs is 10. The van der Waals surface area contributed by atoms with Gasteiger partial charge in [-0.1, -0.05) is 121 Å². The molecule has 0 saturated carbocycles. The van der Waals surface area contributed by atoms with Crippen LogP contribution in [-0.4, -0.2) is 24.1 Å². The maximum Gasteiger partial charge on any atom is 0.238 e. The lowest BCUT2D eigenvalue weighted by Gasteiger charge is -2.13. The van der Waals surface area contributed by atoms with E-state index in [0.29, 0.717) is 38.8 Å². The smallest absolute Gasteiger partial charge is 0.238 e. The molecule has 0 aliphatic rings. The van der Waals surface area contributed by atoms with Crippen molar-refractivity contribution in [2.75, 3.05) is 0 Å². The van der Waals surface area contributed by atoms with Gasteiger partial charge in [0.25, 0.3) is 0 Å². The van der Waals surface area contributed by atoms with Gasteiger partial charge in [0, 0.05) is 49.1 Å². The number of benzene rings is 7. The summed E-state index contributed by atoms with van der Waals surface area (Å²) in [6, 6.07) is 27.2. The zero-order chi connectivity index (χ0) is 42.2. The minimum absolute atomic E-state index is 0.0353. The highest BCUT2D eigenvalue weighted by atomic mass is 16.3. The molecule has 4 heterocycles. The topological polar surface area (TPSA) is 61.7 Å². The predicted molar refractivity (Wildman–Crippen MR) is 207 cm³/mol. The molecule has 0 aliphatic heterocycles. The fraction of sp³-hybridized carbons (Fsp3) is 0. The summed E-state index contributed by atoms with van der Waals surface area (Å²) in [7, 11) is 0. The van der Waals surface area contributed by atoms with E-state index in [0.717, 1.165) is 32.3 Å². The predicted octanol–water partition coefficient (Wildman–Crippen LogP) is 11.3. The SMILES string of the molecule is [2H]c1c([2H])c([2H])c(-c2nc(-c3ccc4c(c3)oc3ccccc34)nc(-n3c4ccccc4c4ccc5c6ccccc6n(-c6c([2H])c([2H])c([2H])c([2H])c6[2H])c5c43)n2)c([2H])c1[2H]. The first kappa shape index (κ1) is 19.8. The fourth-order valence-corrected chi connectivity index (χ4v) is 7.23. The summed E-state index contributed by atoms with van der Waals surface area (Å²) in [6.07, 6.45) is 0. The normalized spacial score (nSPS) is 14.7. The van der Waals surface area contributed by atoms with Crippen molar-refractivity contribution >= 4 is 65.6 Å². The Morgan fingerprint density at radius 1 is 0.451 bits per heavy atom. The Labute approximate surface area is 305 Å². The van der Waals surface area contributed by atoms with Crippen LogP contribution in [-0.2, 0) is 0 Å². The third-order valence-electron chi connectivity index (χ3n) is 9.36. The molecule has 11 rings (SSSR count). The summed E-state index contributed by atoms with van der Waals surface area (Å²) in [5.74, 6) is -0.0162. The Balaban J connectivity index is 1.31. The Bertz CT molecular complexity index is 3690. The molecule has 0 N–H and O–H groups in total. The van der Waals surface area contributed by atoms with Crippen molar-refractivity contribution in [1.82, 2.24) is 24.1 Å². The number of nitrogens with zero attached hydrogens (tertiary/aromatic N) is 5. The van der Waals surface area contributed by atoms with Crippen LogP contribution in [0.2, 0.25) is 0 Å². The van der Waals surface area contributed by atoms with Gasteiger partial charge in [0.15, 0.2) is 11.6 Å². The molecule has 0 unspecified atom stereocenters. The van der Waals surface area contributed by atoms with Crippen LogP contribution in [0.3, 0.4) is 0 Å². The Morgan fingerprint density at radius 3 is 1.73 bits per heavy atom. The number of hydrogen-bond donors (Lipinski definition) is 0. The summed E-state index contributed by atoms with van der Waals surface area (Å²) in [5.41, 5.74) is 3.75. The van der Waals surface area contributed by atoms with Crippen molar-refractivity contribution in [3.63, 3.8) is 0 Å².